The number of piperidine rings is 1. The maximum atomic E-state index is 4.87. The molecule has 0 aliphatic carbocycles. The predicted octanol–water partition coefficient (Wildman–Crippen LogP) is 2.54. The smallest absolute Gasteiger partial charge is 0.194 e. The molecule has 1 saturated heterocycles. The summed E-state index contributed by atoms with van der Waals surface area (Å²) in [7, 11) is 4.21. The molecule has 0 aromatic carbocycles. The molecule has 1 N–H and O–H groups in total. The number of nitrogens with zero attached hydrogens (tertiary/aromatic N) is 4. The van der Waals surface area contributed by atoms with E-state index in [-0.39, 0.29) is 0 Å². The number of nitrogens with one attached hydrogen (secondary N) is 1. The Kier molecular flexibility index (Phi) is 7.63. The zero-order valence-corrected chi connectivity index (χ0v) is 16.0. The van der Waals surface area contributed by atoms with Crippen molar-refractivity contribution >= 4 is 5.96 Å². The van der Waals surface area contributed by atoms with Crippen molar-refractivity contribution in [3.05, 3.63) is 24.0 Å². The summed E-state index contributed by atoms with van der Waals surface area (Å²) in [6, 6.07) is 4.26. The average Bonchev–Trinajstić information content (AvgIpc) is 2.99. The Balaban J connectivity index is 1.82. The van der Waals surface area contributed by atoms with Gasteiger partial charge in [0.2, 0.25) is 0 Å². The Morgan fingerprint density at radius 3 is 2.67 bits per heavy atom. The van der Waals surface area contributed by atoms with Gasteiger partial charge in [-0.05, 0) is 63.9 Å². The van der Waals surface area contributed by atoms with Crippen LogP contribution in [0.5, 0.6) is 0 Å². The van der Waals surface area contributed by atoms with Gasteiger partial charge < -0.3 is 19.7 Å². The normalized spacial score (nSPS) is 17.2. The minimum Gasteiger partial charge on any atom is -0.357 e. The first-order valence-electron chi connectivity index (χ1n) is 9.46. The number of aliphatic imine (C=N–C) groups is 1. The van der Waals surface area contributed by atoms with Gasteiger partial charge in [0.05, 0.1) is 6.54 Å². The Labute approximate surface area is 147 Å². The molecule has 1 aliphatic heterocycles. The molecule has 136 valence electrons. The quantitative estimate of drug-likeness (QED) is 0.615. The van der Waals surface area contributed by atoms with E-state index in [1.54, 1.807) is 0 Å². The number of likely N-dealkylation sites (tertiary alicyclic amines) is 1. The zero-order chi connectivity index (χ0) is 17.4. The van der Waals surface area contributed by atoms with Crippen LogP contribution in [0.3, 0.4) is 0 Å². The fourth-order valence-electron chi connectivity index (χ4n) is 3.39. The molecule has 1 aliphatic rings. The second-order valence-corrected chi connectivity index (χ2v) is 6.87. The highest BCUT2D eigenvalue weighted by Crippen LogP contribution is 2.20. The lowest BCUT2D eigenvalue weighted by Crippen LogP contribution is -2.39. The van der Waals surface area contributed by atoms with E-state index in [9.17, 15) is 0 Å². The maximum absolute atomic E-state index is 4.87. The van der Waals surface area contributed by atoms with E-state index >= 15 is 0 Å². The first-order valence-corrected chi connectivity index (χ1v) is 9.46. The van der Waals surface area contributed by atoms with Crippen LogP contribution in [0, 0.1) is 5.92 Å². The molecular weight excluding hydrogens is 298 g/mol. The molecule has 1 aromatic rings. The third kappa shape index (κ3) is 5.55. The number of rotatable bonds is 7. The molecule has 0 atom stereocenters. The van der Waals surface area contributed by atoms with Crippen LogP contribution in [0.4, 0.5) is 0 Å². The highest BCUT2D eigenvalue weighted by atomic mass is 15.3. The third-order valence-corrected chi connectivity index (χ3v) is 5.10. The molecule has 5 heteroatoms. The summed E-state index contributed by atoms with van der Waals surface area (Å²) in [5, 5.41) is 3.43. The average molecular weight is 334 g/mol. The van der Waals surface area contributed by atoms with Crippen LogP contribution < -0.4 is 5.32 Å². The van der Waals surface area contributed by atoms with Crippen LogP contribution in [-0.2, 0) is 13.6 Å². The van der Waals surface area contributed by atoms with Crippen LogP contribution >= 0.6 is 0 Å². The van der Waals surface area contributed by atoms with Gasteiger partial charge in [-0.3, -0.25) is 4.99 Å². The topological polar surface area (TPSA) is 35.8 Å². The number of hydrogen-bond acceptors (Lipinski definition) is 2. The van der Waals surface area contributed by atoms with Crippen LogP contribution in [0.1, 0.15) is 38.8 Å². The van der Waals surface area contributed by atoms with Crippen molar-refractivity contribution < 1.29 is 0 Å². The molecular formula is C19H35N5. The summed E-state index contributed by atoms with van der Waals surface area (Å²) in [5.74, 6) is 1.86. The van der Waals surface area contributed by atoms with Crippen molar-refractivity contribution in [1.29, 1.82) is 0 Å². The molecule has 1 aromatic heterocycles. The molecule has 5 nitrogen and oxygen atoms in total. The van der Waals surface area contributed by atoms with E-state index in [4.69, 9.17) is 4.99 Å². The highest BCUT2D eigenvalue weighted by Gasteiger charge is 2.17. The second kappa shape index (κ2) is 9.72. The van der Waals surface area contributed by atoms with Gasteiger partial charge in [-0.1, -0.05) is 6.92 Å². The fraction of sp³-hybridized carbons (Fsp3) is 0.737. The van der Waals surface area contributed by atoms with E-state index < -0.39 is 0 Å². The van der Waals surface area contributed by atoms with Crippen molar-refractivity contribution in [3.63, 3.8) is 0 Å². The van der Waals surface area contributed by atoms with Gasteiger partial charge >= 0.3 is 0 Å². The second-order valence-electron chi connectivity index (χ2n) is 6.87. The van der Waals surface area contributed by atoms with Crippen LogP contribution in [0.2, 0.25) is 0 Å². The molecule has 0 bridgehead atoms. The molecule has 0 amide bonds. The standard InChI is InChI=1S/C19H35N5/c1-5-20-19(23(4)16-18-8-7-13-22(18)3)21-12-9-17-10-14-24(6-2)15-11-17/h7-8,13,17H,5-6,9-12,14-16H2,1-4H3,(H,20,21). The summed E-state index contributed by atoms with van der Waals surface area (Å²) >= 11 is 0. The molecule has 24 heavy (non-hydrogen) atoms. The molecule has 0 spiro atoms. The summed E-state index contributed by atoms with van der Waals surface area (Å²) < 4.78 is 2.17. The first-order chi connectivity index (χ1) is 11.6. The van der Waals surface area contributed by atoms with E-state index in [0.717, 1.165) is 31.5 Å². The van der Waals surface area contributed by atoms with Crippen LogP contribution in [0.15, 0.2) is 23.3 Å². The van der Waals surface area contributed by atoms with E-state index in [0.29, 0.717) is 0 Å². The van der Waals surface area contributed by atoms with Crippen molar-refractivity contribution in [2.75, 3.05) is 39.8 Å². The SMILES string of the molecule is CCNC(=NCCC1CCN(CC)CC1)N(C)Cc1cccn1C. The third-order valence-electron chi connectivity index (χ3n) is 5.10. The van der Waals surface area contributed by atoms with Gasteiger partial charge in [-0.2, -0.15) is 0 Å². The van der Waals surface area contributed by atoms with Crippen molar-refractivity contribution in [2.24, 2.45) is 18.0 Å². The number of aromatic nitrogens is 1. The summed E-state index contributed by atoms with van der Waals surface area (Å²) in [5.41, 5.74) is 1.30. The Morgan fingerprint density at radius 2 is 2.08 bits per heavy atom. The highest BCUT2D eigenvalue weighted by molar-refractivity contribution is 5.79. The van der Waals surface area contributed by atoms with Crippen molar-refractivity contribution in [2.45, 2.75) is 39.7 Å². The fourth-order valence-corrected chi connectivity index (χ4v) is 3.39. The Hall–Kier alpha value is -1.49. The molecule has 2 heterocycles. The van der Waals surface area contributed by atoms with Gasteiger partial charge in [0.25, 0.3) is 0 Å². The molecule has 0 radical (unpaired) electrons. The summed E-state index contributed by atoms with van der Waals surface area (Å²) in [4.78, 5) is 9.64. The minimum atomic E-state index is 0.845. The number of hydrogen-bond donors (Lipinski definition) is 1. The number of aryl methyl sites for hydroxylation is 1. The lowest BCUT2D eigenvalue weighted by atomic mass is 9.94. The lowest BCUT2D eigenvalue weighted by Gasteiger charge is -2.30. The van der Waals surface area contributed by atoms with Gasteiger partial charge in [-0.15, -0.1) is 0 Å². The summed E-state index contributed by atoms with van der Waals surface area (Å²) in [6.45, 7) is 10.8. The van der Waals surface area contributed by atoms with E-state index in [1.807, 2.05) is 0 Å². The minimum absolute atomic E-state index is 0.845. The van der Waals surface area contributed by atoms with Crippen LogP contribution in [-0.4, -0.2) is 60.1 Å². The lowest BCUT2D eigenvalue weighted by molar-refractivity contribution is 0.188. The Bertz CT molecular complexity index is 500. The Morgan fingerprint density at radius 1 is 1.33 bits per heavy atom. The van der Waals surface area contributed by atoms with Crippen molar-refractivity contribution in [1.82, 2.24) is 19.7 Å². The largest absolute Gasteiger partial charge is 0.357 e. The van der Waals surface area contributed by atoms with Gasteiger partial charge in [0.1, 0.15) is 0 Å². The number of guanidine groups is 1. The van der Waals surface area contributed by atoms with Crippen LogP contribution in [0.25, 0.3) is 0 Å². The van der Waals surface area contributed by atoms with Crippen molar-refractivity contribution in [3.8, 4) is 0 Å². The molecule has 2 rings (SSSR count). The van der Waals surface area contributed by atoms with E-state index in [2.05, 4.69) is 66.0 Å². The molecule has 0 unspecified atom stereocenters. The molecule has 1 fully saturated rings. The van der Waals surface area contributed by atoms with Gasteiger partial charge in [0.15, 0.2) is 5.96 Å². The predicted molar refractivity (Wildman–Crippen MR) is 102 cm³/mol. The van der Waals surface area contributed by atoms with Gasteiger partial charge in [-0.25, -0.2) is 0 Å². The zero-order valence-electron chi connectivity index (χ0n) is 16.0. The molecule has 0 saturated carbocycles. The monoisotopic (exact) mass is 333 g/mol. The van der Waals surface area contributed by atoms with E-state index in [1.165, 1.54) is 44.6 Å². The first kappa shape index (κ1) is 18.8. The summed E-state index contributed by atoms with van der Waals surface area (Å²) in [6.07, 6.45) is 5.97. The van der Waals surface area contributed by atoms with Gasteiger partial charge in [0, 0.05) is 39.1 Å². The maximum Gasteiger partial charge on any atom is 0.194 e.